The lowest BCUT2D eigenvalue weighted by Gasteiger charge is -2.23. The lowest BCUT2D eigenvalue weighted by Crippen LogP contribution is -2.43. The predicted octanol–water partition coefficient (Wildman–Crippen LogP) is 0.804. The quantitative estimate of drug-likeness (QED) is 0.767. The average molecular weight is 238 g/mol. The van der Waals surface area contributed by atoms with E-state index in [2.05, 4.69) is 5.32 Å². The molecule has 1 unspecified atom stereocenters. The molecule has 5 nitrogen and oxygen atoms in total. The van der Waals surface area contributed by atoms with Crippen molar-refractivity contribution in [3.05, 3.63) is 24.3 Å². The topological polar surface area (TPSA) is 61.8 Å². The van der Waals surface area contributed by atoms with Crippen LogP contribution >= 0.6 is 0 Å². The summed E-state index contributed by atoms with van der Waals surface area (Å²) < 4.78 is 5.13. The van der Waals surface area contributed by atoms with Crippen LogP contribution in [0.15, 0.2) is 24.3 Å². The van der Waals surface area contributed by atoms with E-state index in [0.717, 1.165) is 11.4 Å². The molecule has 0 amide bonds. The monoisotopic (exact) mass is 238 g/mol. The molecule has 0 aliphatic heterocycles. The van der Waals surface area contributed by atoms with Crippen molar-refractivity contribution in [2.24, 2.45) is 0 Å². The number of hydrogen-bond donors (Lipinski definition) is 2. The first kappa shape index (κ1) is 13.3. The Morgan fingerprint density at radius 1 is 1.59 bits per heavy atom. The highest BCUT2D eigenvalue weighted by atomic mass is 16.5. The van der Waals surface area contributed by atoms with Gasteiger partial charge in [-0.25, -0.2) is 0 Å². The molecule has 1 atom stereocenters. The molecule has 2 N–H and O–H groups in total. The summed E-state index contributed by atoms with van der Waals surface area (Å²) >= 11 is 0. The van der Waals surface area contributed by atoms with Crippen LogP contribution in [0, 0.1) is 0 Å². The van der Waals surface area contributed by atoms with Gasteiger partial charge in [0.1, 0.15) is 11.8 Å². The number of carbonyl (C=O) groups is 1. The first-order valence-electron chi connectivity index (χ1n) is 5.33. The Balaban J connectivity index is 2.74. The predicted molar refractivity (Wildman–Crippen MR) is 66.7 cm³/mol. The number of carboxylic acid groups (broad SMARTS) is 1. The van der Waals surface area contributed by atoms with E-state index < -0.39 is 12.0 Å². The van der Waals surface area contributed by atoms with Gasteiger partial charge < -0.3 is 20.1 Å². The van der Waals surface area contributed by atoms with Crippen LogP contribution in [0.4, 0.5) is 5.69 Å². The summed E-state index contributed by atoms with van der Waals surface area (Å²) in [6.07, 6.45) is 0. The molecule has 0 radical (unpaired) electrons. The molecule has 0 saturated heterocycles. The van der Waals surface area contributed by atoms with E-state index in [-0.39, 0.29) is 0 Å². The van der Waals surface area contributed by atoms with Crippen molar-refractivity contribution in [3.8, 4) is 5.75 Å². The van der Waals surface area contributed by atoms with Gasteiger partial charge in [-0.3, -0.25) is 4.79 Å². The van der Waals surface area contributed by atoms with Crippen molar-refractivity contribution < 1.29 is 14.6 Å². The zero-order valence-corrected chi connectivity index (χ0v) is 10.3. The second kappa shape index (κ2) is 6.10. The fraction of sp³-hybridized carbons (Fsp3) is 0.417. The highest BCUT2D eigenvalue weighted by Gasteiger charge is 2.17. The van der Waals surface area contributed by atoms with Gasteiger partial charge in [0.05, 0.1) is 7.11 Å². The van der Waals surface area contributed by atoms with Gasteiger partial charge in [0, 0.05) is 25.3 Å². The van der Waals surface area contributed by atoms with E-state index >= 15 is 0 Å². The van der Waals surface area contributed by atoms with Crippen molar-refractivity contribution in [1.29, 1.82) is 0 Å². The van der Waals surface area contributed by atoms with Crippen LogP contribution in [0.2, 0.25) is 0 Å². The largest absolute Gasteiger partial charge is 0.497 e. The zero-order chi connectivity index (χ0) is 12.8. The minimum atomic E-state index is -0.859. The number of methoxy groups -OCH3 is 1. The molecule has 0 aliphatic rings. The average Bonchev–Trinajstić information content (AvgIpc) is 2.35. The van der Waals surface area contributed by atoms with Crippen LogP contribution in [0.3, 0.4) is 0 Å². The number of ether oxygens (including phenoxy) is 1. The molecular formula is C12H18N2O3. The molecule has 0 fully saturated rings. The third-order valence-electron chi connectivity index (χ3n) is 2.60. The molecule has 1 rings (SSSR count). The van der Waals surface area contributed by atoms with Crippen LogP contribution in [0.25, 0.3) is 0 Å². The molecule has 0 spiro atoms. The van der Waals surface area contributed by atoms with Gasteiger partial charge in [-0.2, -0.15) is 0 Å². The van der Waals surface area contributed by atoms with Crippen molar-refractivity contribution >= 4 is 11.7 Å². The molecule has 5 heteroatoms. The maximum Gasteiger partial charge on any atom is 0.322 e. The van der Waals surface area contributed by atoms with E-state index in [9.17, 15) is 4.79 Å². The van der Waals surface area contributed by atoms with Crippen LogP contribution in [-0.4, -0.2) is 44.9 Å². The summed E-state index contributed by atoms with van der Waals surface area (Å²) in [7, 11) is 5.09. The summed E-state index contributed by atoms with van der Waals surface area (Å²) in [5.74, 6) is -0.104. The second-order valence-electron chi connectivity index (χ2n) is 3.76. The molecule has 17 heavy (non-hydrogen) atoms. The number of carboxylic acids is 1. The summed E-state index contributed by atoms with van der Waals surface area (Å²) in [6.45, 7) is 0.388. The maximum atomic E-state index is 10.9. The Hall–Kier alpha value is -1.75. The first-order valence-corrected chi connectivity index (χ1v) is 5.33. The summed E-state index contributed by atoms with van der Waals surface area (Å²) in [4.78, 5) is 12.8. The van der Waals surface area contributed by atoms with Gasteiger partial charge in [0.15, 0.2) is 0 Å². The van der Waals surface area contributed by atoms with Gasteiger partial charge in [-0.15, -0.1) is 0 Å². The maximum absolute atomic E-state index is 10.9. The van der Waals surface area contributed by atoms with E-state index in [1.807, 2.05) is 36.2 Å². The van der Waals surface area contributed by atoms with Gasteiger partial charge >= 0.3 is 5.97 Å². The van der Waals surface area contributed by atoms with Crippen molar-refractivity contribution in [2.45, 2.75) is 6.04 Å². The zero-order valence-electron chi connectivity index (χ0n) is 10.3. The summed E-state index contributed by atoms with van der Waals surface area (Å²) in [6, 6.07) is 6.92. The smallest absolute Gasteiger partial charge is 0.322 e. The fourth-order valence-corrected chi connectivity index (χ4v) is 1.52. The third-order valence-corrected chi connectivity index (χ3v) is 2.60. The number of likely N-dealkylation sites (N-methyl/N-ethyl adjacent to an activating group) is 2. The molecule has 94 valence electrons. The second-order valence-corrected chi connectivity index (χ2v) is 3.76. The van der Waals surface area contributed by atoms with Crippen molar-refractivity contribution in [3.63, 3.8) is 0 Å². The molecule has 0 aromatic heterocycles. The summed E-state index contributed by atoms with van der Waals surface area (Å²) in [5, 5.41) is 11.7. The molecule has 1 aromatic rings. The minimum Gasteiger partial charge on any atom is -0.497 e. The summed E-state index contributed by atoms with van der Waals surface area (Å²) in [5.41, 5.74) is 0.922. The standard InChI is InChI=1S/C12H18N2O3/c1-13-11(12(15)16)8-14(2)9-5-4-6-10(7-9)17-3/h4-7,11,13H,8H2,1-3H3,(H,15,16). The Bertz CT molecular complexity index is 382. The number of anilines is 1. The van der Waals surface area contributed by atoms with Gasteiger partial charge in [-0.1, -0.05) is 6.07 Å². The number of hydrogen-bond acceptors (Lipinski definition) is 4. The number of rotatable bonds is 6. The van der Waals surface area contributed by atoms with Gasteiger partial charge in [0.2, 0.25) is 0 Å². The lowest BCUT2D eigenvalue weighted by atomic mass is 10.2. The highest BCUT2D eigenvalue weighted by molar-refractivity contribution is 5.74. The van der Waals surface area contributed by atoms with Crippen LogP contribution in [0.1, 0.15) is 0 Å². The number of nitrogens with one attached hydrogen (secondary N) is 1. The van der Waals surface area contributed by atoms with Crippen molar-refractivity contribution in [1.82, 2.24) is 5.32 Å². The van der Waals surface area contributed by atoms with Crippen LogP contribution in [0.5, 0.6) is 5.75 Å². The third kappa shape index (κ3) is 3.64. The molecule has 0 aliphatic carbocycles. The van der Waals surface area contributed by atoms with Gasteiger partial charge in [0.25, 0.3) is 0 Å². The minimum absolute atomic E-state index is 0.388. The van der Waals surface area contributed by atoms with E-state index in [1.165, 1.54) is 0 Å². The fourth-order valence-electron chi connectivity index (χ4n) is 1.52. The van der Waals surface area contributed by atoms with E-state index in [4.69, 9.17) is 9.84 Å². The first-order chi connectivity index (χ1) is 8.08. The Kier molecular flexibility index (Phi) is 4.78. The van der Waals surface area contributed by atoms with E-state index in [0.29, 0.717) is 6.54 Å². The van der Waals surface area contributed by atoms with Gasteiger partial charge in [-0.05, 0) is 19.2 Å². The van der Waals surface area contributed by atoms with E-state index in [1.54, 1.807) is 14.2 Å². The normalized spacial score (nSPS) is 11.9. The Morgan fingerprint density at radius 3 is 2.82 bits per heavy atom. The number of benzene rings is 1. The number of nitrogens with zero attached hydrogens (tertiary/aromatic N) is 1. The Labute approximate surface area is 101 Å². The number of aliphatic carboxylic acids is 1. The SMILES string of the molecule is CNC(CN(C)c1cccc(OC)c1)C(=O)O. The van der Waals surface area contributed by atoms with Crippen LogP contribution < -0.4 is 15.0 Å². The molecule has 1 aromatic carbocycles. The molecule has 0 bridgehead atoms. The lowest BCUT2D eigenvalue weighted by molar-refractivity contribution is -0.139. The molecule has 0 heterocycles. The molecular weight excluding hydrogens is 220 g/mol. The van der Waals surface area contributed by atoms with Crippen LogP contribution in [-0.2, 0) is 4.79 Å². The highest BCUT2D eigenvalue weighted by Crippen LogP contribution is 2.19. The molecule has 0 saturated carbocycles. The van der Waals surface area contributed by atoms with Crippen molar-refractivity contribution in [2.75, 3.05) is 32.6 Å². The Morgan fingerprint density at radius 2 is 2.29 bits per heavy atom.